The first kappa shape index (κ1) is 16.5. The first-order chi connectivity index (χ1) is 8.91. The van der Waals surface area contributed by atoms with E-state index >= 15 is 0 Å². The summed E-state index contributed by atoms with van der Waals surface area (Å²) in [5, 5.41) is 6.95. The maximum absolute atomic E-state index is 11.4. The van der Waals surface area contributed by atoms with Gasteiger partial charge in [-0.2, -0.15) is 0 Å². The minimum Gasteiger partial charge on any atom is -0.355 e. The van der Waals surface area contributed by atoms with Crippen LogP contribution in [0.25, 0.3) is 0 Å². The zero-order valence-corrected chi connectivity index (χ0v) is 13.8. The van der Waals surface area contributed by atoms with E-state index in [2.05, 4.69) is 33.5 Å². The predicted octanol–water partition coefficient (Wildman–Crippen LogP) is 3.53. The molecular formula is C14H20BrClN2O. The summed E-state index contributed by atoms with van der Waals surface area (Å²) in [5.74, 6) is 0.106. The van der Waals surface area contributed by atoms with E-state index in [-0.39, 0.29) is 17.9 Å². The van der Waals surface area contributed by atoms with Crippen molar-refractivity contribution >= 4 is 33.4 Å². The van der Waals surface area contributed by atoms with E-state index in [9.17, 15) is 4.79 Å². The van der Waals surface area contributed by atoms with Gasteiger partial charge in [-0.15, -0.1) is 0 Å². The van der Waals surface area contributed by atoms with Crippen molar-refractivity contribution in [1.29, 1.82) is 0 Å². The van der Waals surface area contributed by atoms with E-state index < -0.39 is 0 Å². The van der Waals surface area contributed by atoms with Gasteiger partial charge in [0.05, 0.1) is 0 Å². The molecule has 1 rings (SSSR count). The summed E-state index contributed by atoms with van der Waals surface area (Å²) in [7, 11) is 0. The summed E-state index contributed by atoms with van der Waals surface area (Å²) < 4.78 is 0.970. The number of halogens is 2. The summed E-state index contributed by atoms with van der Waals surface area (Å²) in [6.45, 7) is 7.15. The minimum absolute atomic E-state index is 0.0262. The molecule has 0 bridgehead atoms. The van der Waals surface area contributed by atoms with Crippen molar-refractivity contribution in [3.05, 3.63) is 33.3 Å². The van der Waals surface area contributed by atoms with Crippen LogP contribution in [0.5, 0.6) is 0 Å². The van der Waals surface area contributed by atoms with Gasteiger partial charge < -0.3 is 10.6 Å². The number of amides is 1. The van der Waals surface area contributed by atoms with Crippen molar-refractivity contribution in [3.63, 3.8) is 0 Å². The molecule has 0 aliphatic heterocycles. The summed E-state index contributed by atoms with van der Waals surface area (Å²) in [4.78, 5) is 11.4. The van der Waals surface area contributed by atoms with Crippen LogP contribution in [0.2, 0.25) is 5.02 Å². The fourth-order valence-corrected chi connectivity index (χ4v) is 2.48. The lowest BCUT2D eigenvalue weighted by atomic mass is 10.1. The number of hydrogen-bond acceptors (Lipinski definition) is 2. The highest BCUT2D eigenvalue weighted by Gasteiger charge is 2.10. The first-order valence-corrected chi connectivity index (χ1v) is 7.55. The third-order valence-electron chi connectivity index (χ3n) is 2.83. The normalized spacial score (nSPS) is 12.5. The average molecular weight is 348 g/mol. The zero-order valence-electron chi connectivity index (χ0n) is 11.5. The SMILES string of the molecule is CC(C)C(=O)NCCNC(C)c1ccc(Br)cc1Cl. The Morgan fingerprint density at radius 1 is 1.32 bits per heavy atom. The van der Waals surface area contributed by atoms with Crippen LogP contribution in [-0.4, -0.2) is 19.0 Å². The Labute approximate surface area is 128 Å². The number of carbonyl (C=O) groups excluding carboxylic acids is 1. The van der Waals surface area contributed by atoms with E-state index in [1.165, 1.54) is 0 Å². The molecule has 1 unspecified atom stereocenters. The summed E-state index contributed by atoms with van der Waals surface area (Å²) >= 11 is 9.58. The van der Waals surface area contributed by atoms with Gasteiger partial charge in [0.15, 0.2) is 0 Å². The van der Waals surface area contributed by atoms with Crippen LogP contribution in [0.4, 0.5) is 0 Å². The quantitative estimate of drug-likeness (QED) is 0.773. The molecule has 1 atom stereocenters. The minimum atomic E-state index is 0.0262. The highest BCUT2D eigenvalue weighted by molar-refractivity contribution is 9.10. The van der Waals surface area contributed by atoms with Crippen LogP contribution in [0.1, 0.15) is 32.4 Å². The standard InChI is InChI=1S/C14H20BrClN2O/c1-9(2)14(19)18-7-6-17-10(3)12-5-4-11(15)8-13(12)16/h4-5,8-10,17H,6-7H2,1-3H3,(H,18,19). The Bertz CT molecular complexity index is 437. The summed E-state index contributed by atoms with van der Waals surface area (Å²) in [5.41, 5.74) is 1.06. The third kappa shape index (κ3) is 5.51. The van der Waals surface area contributed by atoms with Gasteiger partial charge in [-0.1, -0.05) is 47.4 Å². The Morgan fingerprint density at radius 3 is 2.58 bits per heavy atom. The Kier molecular flexibility index (Phi) is 6.83. The zero-order chi connectivity index (χ0) is 14.4. The molecule has 0 radical (unpaired) electrons. The topological polar surface area (TPSA) is 41.1 Å². The van der Waals surface area contributed by atoms with Crippen molar-refractivity contribution in [2.24, 2.45) is 5.92 Å². The van der Waals surface area contributed by atoms with E-state index in [0.29, 0.717) is 13.1 Å². The fraction of sp³-hybridized carbons (Fsp3) is 0.500. The van der Waals surface area contributed by atoms with E-state index in [1.807, 2.05) is 32.0 Å². The van der Waals surface area contributed by atoms with Crippen LogP contribution >= 0.6 is 27.5 Å². The average Bonchev–Trinajstić information content (AvgIpc) is 2.33. The monoisotopic (exact) mass is 346 g/mol. The maximum atomic E-state index is 11.4. The number of nitrogens with one attached hydrogen (secondary N) is 2. The molecule has 0 heterocycles. The molecule has 0 spiro atoms. The van der Waals surface area contributed by atoms with Crippen LogP contribution in [0.15, 0.2) is 22.7 Å². The molecule has 19 heavy (non-hydrogen) atoms. The number of benzene rings is 1. The highest BCUT2D eigenvalue weighted by atomic mass is 79.9. The maximum Gasteiger partial charge on any atom is 0.222 e. The molecule has 1 amide bonds. The number of hydrogen-bond donors (Lipinski definition) is 2. The molecule has 3 nitrogen and oxygen atoms in total. The molecule has 0 aliphatic rings. The lowest BCUT2D eigenvalue weighted by Crippen LogP contribution is -2.35. The Hall–Kier alpha value is -0.580. The van der Waals surface area contributed by atoms with Crippen LogP contribution in [-0.2, 0) is 4.79 Å². The van der Waals surface area contributed by atoms with Gasteiger partial charge in [0.1, 0.15) is 0 Å². The fourth-order valence-electron chi connectivity index (χ4n) is 1.64. The molecule has 0 saturated carbocycles. The van der Waals surface area contributed by atoms with Crippen molar-refractivity contribution in [2.75, 3.05) is 13.1 Å². The molecule has 0 saturated heterocycles. The van der Waals surface area contributed by atoms with E-state index in [0.717, 1.165) is 15.1 Å². The van der Waals surface area contributed by atoms with Crippen LogP contribution in [0.3, 0.4) is 0 Å². The van der Waals surface area contributed by atoms with Crippen molar-refractivity contribution < 1.29 is 4.79 Å². The van der Waals surface area contributed by atoms with Crippen molar-refractivity contribution in [1.82, 2.24) is 10.6 Å². The molecule has 0 aromatic heterocycles. The number of rotatable bonds is 6. The van der Waals surface area contributed by atoms with Gasteiger partial charge in [-0.05, 0) is 24.6 Å². The summed E-state index contributed by atoms with van der Waals surface area (Å²) in [6.07, 6.45) is 0. The van der Waals surface area contributed by atoms with Gasteiger partial charge in [-0.3, -0.25) is 4.79 Å². The lowest BCUT2D eigenvalue weighted by Gasteiger charge is -2.16. The van der Waals surface area contributed by atoms with Gasteiger partial charge in [0.2, 0.25) is 5.91 Å². The molecule has 1 aromatic rings. The second-order valence-corrected chi connectivity index (χ2v) is 6.11. The second kappa shape index (κ2) is 7.88. The van der Waals surface area contributed by atoms with E-state index in [1.54, 1.807) is 0 Å². The molecule has 0 aliphatic carbocycles. The largest absolute Gasteiger partial charge is 0.355 e. The van der Waals surface area contributed by atoms with Gasteiger partial charge >= 0.3 is 0 Å². The molecule has 0 fully saturated rings. The van der Waals surface area contributed by atoms with E-state index in [4.69, 9.17) is 11.6 Å². The van der Waals surface area contributed by atoms with Gasteiger partial charge in [0, 0.05) is 34.5 Å². The molecule has 106 valence electrons. The molecule has 1 aromatic carbocycles. The smallest absolute Gasteiger partial charge is 0.222 e. The lowest BCUT2D eigenvalue weighted by molar-refractivity contribution is -0.123. The summed E-state index contributed by atoms with van der Waals surface area (Å²) in [6, 6.07) is 6.00. The van der Waals surface area contributed by atoms with Gasteiger partial charge in [-0.25, -0.2) is 0 Å². The highest BCUT2D eigenvalue weighted by Crippen LogP contribution is 2.26. The second-order valence-electron chi connectivity index (χ2n) is 4.79. The predicted molar refractivity (Wildman–Crippen MR) is 83.4 cm³/mol. The Morgan fingerprint density at radius 2 is 2.00 bits per heavy atom. The molecular weight excluding hydrogens is 328 g/mol. The Balaban J connectivity index is 2.39. The molecule has 5 heteroatoms. The number of carbonyl (C=O) groups is 1. The first-order valence-electron chi connectivity index (χ1n) is 6.38. The van der Waals surface area contributed by atoms with Crippen molar-refractivity contribution in [2.45, 2.75) is 26.8 Å². The van der Waals surface area contributed by atoms with Crippen molar-refractivity contribution in [3.8, 4) is 0 Å². The van der Waals surface area contributed by atoms with Crippen LogP contribution < -0.4 is 10.6 Å². The van der Waals surface area contributed by atoms with Gasteiger partial charge in [0.25, 0.3) is 0 Å². The third-order valence-corrected chi connectivity index (χ3v) is 3.65. The van der Waals surface area contributed by atoms with Crippen LogP contribution in [0, 0.1) is 5.92 Å². The molecule has 2 N–H and O–H groups in total.